The van der Waals surface area contributed by atoms with Crippen LogP contribution >= 0.6 is 0 Å². The van der Waals surface area contributed by atoms with Crippen molar-refractivity contribution in [3.63, 3.8) is 0 Å². The van der Waals surface area contributed by atoms with Gasteiger partial charge in [0.05, 0.1) is 17.7 Å². The normalized spacial score (nSPS) is 16.2. The van der Waals surface area contributed by atoms with Crippen molar-refractivity contribution in [2.24, 2.45) is 5.10 Å². The maximum atomic E-state index is 12.7. The topological polar surface area (TPSA) is 102 Å². The number of aryl methyl sites for hydroxylation is 1. The van der Waals surface area contributed by atoms with Gasteiger partial charge in [-0.2, -0.15) is 9.41 Å². The van der Waals surface area contributed by atoms with Crippen LogP contribution in [0.4, 0.5) is 0 Å². The number of hydrogen-bond acceptors (Lipinski definition) is 6. The Balaban J connectivity index is 1.48. The first-order valence-corrected chi connectivity index (χ1v) is 10.7. The number of phenols is 1. The van der Waals surface area contributed by atoms with Crippen LogP contribution in [-0.2, 0) is 14.8 Å². The van der Waals surface area contributed by atoms with Gasteiger partial charge < -0.3 is 5.11 Å². The third-order valence-corrected chi connectivity index (χ3v) is 6.54. The van der Waals surface area contributed by atoms with Gasteiger partial charge in [-0.1, -0.05) is 29.8 Å². The van der Waals surface area contributed by atoms with Gasteiger partial charge in [-0.05, 0) is 36.8 Å². The van der Waals surface area contributed by atoms with E-state index in [0.29, 0.717) is 31.7 Å². The molecule has 1 heterocycles. The summed E-state index contributed by atoms with van der Waals surface area (Å²) in [7, 11) is -3.52. The van der Waals surface area contributed by atoms with Crippen molar-refractivity contribution in [2.45, 2.75) is 11.8 Å². The Labute approximate surface area is 170 Å². The number of piperazine rings is 1. The average molecular weight is 417 g/mol. The number of phenolic OH excluding ortho intramolecular Hbond substituents is 1. The van der Waals surface area contributed by atoms with E-state index in [4.69, 9.17) is 0 Å². The Morgan fingerprint density at radius 3 is 2.48 bits per heavy atom. The van der Waals surface area contributed by atoms with Crippen LogP contribution in [0, 0.1) is 6.92 Å². The quantitative estimate of drug-likeness (QED) is 0.543. The zero-order valence-electron chi connectivity index (χ0n) is 16.2. The van der Waals surface area contributed by atoms with Crippen LogP contribution < -0.4 is 5.43 Å². The fourth-order valence-corrected chi connectivity index (χ4v) is 4.43. The predicted molar refractivity (Wildman–Crippen MR) is 110 cm³/mol. The van der Waals surface area contributed by atoms with Crippen LogP contribution in [0.1, 0.15) is 11.1 Å². The highest BCUT2D eigenvalue weighted by Crippen LogP contribution is 2.18. The average Bonchev–Trinajstić information content (AvgIpc) is 2.69. The zero-order chi connectivity index (χ0) is 20.9. The molecular weight excluding hydrogens is 392 g/mol. The number of carbonyl (C=O) groups is 1. The van der Waals surface area contributed by atoms with Gasteiger partial charge >= 0.3 is 0 Å². The van der Waals surface area contributed by atoms with Gasteiger partial charge in [0.2, 0.25) is 10.0 Å². The van der Waals surface area contributed by atoms with Crippen molar-refractivity contribution < 1.29 is 18.3 Å². The maximum Gasteiger partial charge on any atom is 0.254 e. The SMILES string of the molecule is Cc1ccc(S(=O)(=O)N2CCN(CC(=O)N/N=C\c3cccc(O)c3)CC2)cc1. The van der Waals surface area contributed by atoms with E-state index in [1.165, 1.54) is 16.6 Å². The van der Waals surface area contributed by atoms with E-state index in [-0.39, 0.29) is 23.1 Å². The third kappa shape index (κ3) is 5.63. The summed E-state index contributed by atoms with van der Waals surface area (Å²) in [5.41, 5.74) is 4.12. The molecular formula is C20H24N4O4S. The number of hydrogen-bond donors (Lipinski definition) is 2. The van der Waals surface area contributed by atoms with E-state index in [0.717, 1.165) is 5.56 Å². The van der Waals surface area contributed by atoms with Gasteiger partial charge in [-0.3, -0.25) is 9.69 Å². The summed E-state index contributed by atoms with van der Waals surface area (Å²) in [6.07, 6.45) is 1.45. The van der Waals surface area contributed by atoms with Crippen LogP contribution in [-0.4, -0.2) is 67.6 Å². The van der Waals surface area contributed by atoms with E-state index in [9.17, 15) is 18.3 Å². The number of nitrogens with zero attached hydrogens (tertiary/aromatic N) is 3. The van der Waals surface area contributed by atoms with Crippen molar-refractivity contribution in [3.8, 4) is 5.75 Å². The standard InChI is InChI=1S/C20H24N4O4S/c1-16-5-7-19(8-6-16)29(27,28)24-11-9-23(10-12-24)15-20(26)22-21-14-17-3-2-4-18(25)13-17/h2-8,13-14,25H,9-12,15H2,1H3,(H,22,26)/b21-14-. The minimum atomic E-state index is -3.52. The fraction of sp³-hybridized carbons (Fsp3) is 0.300. The molecule has 154 valence electrons. The molecule has 2 aromatic rings. The minimum absolute atomic E-state index is 0.124. The highest BCUT2D eigenvalue weighted by Gasteiger charge is 2.28. The van der Waals surface area contributed by atoms with Crippen LogP contribution in [0.25, 0.3) is 0 Å². The predicted octanol–water partition coefficient (Wildman–Crippen LogP) is 1.16. The first-order valence-electron chi connectivity index (χ1n) is 9.25. The molecule has 1 saturated heterocycles. The summed E-state index contributed by atoms with van der Waals surface area (Å²) in [4.78, 5) is 14.2. The number of amides is 1. The Morgan fingerprint density at radius 1 is 1.14 bits per heavy atom. The van der Waals surface area contributed by atoms with E-state index >= 15 is 0 Å². The summed E-state index contributed by atoms with van der Waals surface area (Å²) in [5.74, 6) is -0.157. The van der Waals surface area contributed by atoms with Crippen LogP contribution in [0.5, 0.6) is 5.75 Å². The molecule has 29 heavy (non-hydrogen) atoms. The zero-order valence-corrected chi connectivity index (χ0v) is 17.0. The molecule has 1 amide bonds. The van der Waals surface area contributed by atoms with Crippen LogP contribution in [0.3, 0.4) is 0 Å². The largest absolute Gasteiger partial charge is 0.508 e. The molecule has 0 atom stereocenters. The smallest absolute Gasteiger partial charge is 0.254 e. The number of benzene rings is 2. The number of carbonyl (C=O) groups excluding carboxylic acids is 1. The van der Waals surface area contributed by atoms with Gasteiger partial charge in [0.15, 0.2) is 0 Å². The third-order valence-electron chi connectivity index (χ3n) is 4.63. The second kappa shape index (κ2) is 9.17. The fourth-order valence-electron chi connectivity index (χ4n) is 3.01. The van der Waals surface area contributed by atoms with Crippen molar-refractivity contribution in [3.05, 3.63) is 59.7 Å². The number of sulfonamides is 1. The van der Waals surface area contributed by atoms with Gasteiger partial charge in [-0.15, -0.1) is 0 Å². The Morgan fingerprint density at radius 2 is 1.83 bits per heavy atom. The van der Waals surface area contributed by atoms with Gasteiger partial charge in [0, 0.05) is 26.2 Å². The maximum absolute atomic E-state index is 12.7. The Hall–Kier alpha value is -2.75. The lowest BCUT2D eigenvalue weighted by atomic mass is 10.2. The second-order valence-electron chi connectivity index (χ2n) is 6.88. The van der Waals surface area contributed by atoms with E-state index in [2.05, 4.69) is 10.5 Å². The van der Waals surface area contributed by atoms with E-state index < -0.39 is 10.0 Å². The molecule has 2 N–H and O–H groups in total. The van der Waals surface area contributed by atoms with Gasteiger partial charge in [0.25, 0.3) is 5.91 Å². The van der Waals surface area contributed by atoms with E-state index in [1.54, 1.807) is 42.5 Å². The summed E-state index contributed by atoms with van der Waals surface area (Å²) in [6.45, 7) is 3.64. The summed E-state index contributed by atoms with van der Waals surface area (Å²) in [5, 5.41) is 13.3. The number of rotatable bonds is 6. The first-order chi connectivity index (χ1) is 13.8. The molecule has 9 heteroatoms. The monoisotopic (exact) mass is 416 g/mol. The molecule has 0 saturated carbocycles. The first kappa shape index (κ1) is 21.0. The number of aromatic hydroxyl groups is 1. The highest BCUT2D eigenvalue weighted by molar-refractivity contribution is 7.89. The lowest BCUT2D eigenvalue weighted by Crippen LogP contribution is -2.50. The molecule has 0 unspecified atom stereocenters. The van der Waals surface area contributed by atoms with E-state index in [1.807, 2.05) is 11.8 Å². The second-order valence-corrected chi connectivity index (χ2v) is 8.82. The summed E-state index contributed by atoms with van der Waals surface area (Å²) < 4.78 is 26.9. The molecule has 0 bridgehead atoms. The molecule has 1 aliphatic heterocycles. The number of nitrogens with one attached hydrogen (secondary N) is 1. The van der Waals surface area contributed by atoms with Crippen molar-refractivity contribution in [1.82, 2.24) is 14.6 Å². The Kier molecular flexibility index (Phi) is 6.63. The van der Waals surface area contributed by atoms with Crippen molar-refractivity contribution in [1.29, 1.82) is 0 Å². The minimum Gasteiger partial charge on any atom is -0.508 e. The summed E-state index contributed by atoms with van der Waals surface area (Å²) >= 11 is 0. The van der Waals surface area contributed by atoms with Crippen LogP contribution in [0.2, 0.25) is 0 Å². The molecule has 8 nitrogen and oxygen atoms in total. The van der Waals surface area contributed by atoms with Gasteiger partial charge in [-0.25, -0.2) is 13.8 Å². The number of hydrazone groups is 1. The van der Waals surface area contributed by atoms with Gasteiger partial charge in [0.1, 0.15) is 5.75 Å². The van der Waals surface area contributed by atoms with Crippen molar-refractivity contribution in [2.75, 3.05) is 32.7 Å². The molecule has 0 aromatic heterocycles. The molecule has 2 aromatic carbocycles. The molecule has 0 aliphatic carbocycles. The lowest BCUT2D eigenvalue weighted by Gasteiger charge is -2.33. The van der Waals surface area contributed by atoms with Crippen LogP contribution in [0.15, 0.2) is 58.5 Å². The molecule has 3 rings (SSSR count). The highest BCUT2D eigenvalue weighted by atomic mass is 32.2. The van der Waals surface area contributed by atoms with Crippen molar-refractivity contribution >= 4 is 22.1 Å². The molecule has 1 aliphatic rings. The molecule has 0 radical (unpaired) electrons. The lowest BCUT2D eigenvalue weighted by molar-refractivity contribution is -0.122. The Bertz CT molecular complexity index is 982. The molecule has 1 fully saturated rings. The summed E-state index contributed by atoms with van der Waals surface area (Å²) in [6, 6.07) is 13.3. The molecule has 0 spiro atoms.